The van der Waals surface area contributed by atoms with Crippen LogP contribution in [-0.2, 0) is 11.0 Å². The van der Waals surface area contributed by atoms with Gasteiger partial charge in [-0.15, -0.1) is 0 Å². The van der Waals surface area contributed by atoms with Crippen molar-refractivity contribution < 1.29 is 18.0 Å². The van der Waals surface area contributed by atoms with Gasteiger partial charge in [0.05, 0.1) is 11.6 Å². The fourth-order valence-corrected chi connectivity index (χ4v) is 2.91. The summed E-state index contributed by atoms with van der Waals surface area (Å²) in [5.41, 5.74) is -1.94. The number of nitrogens with zero attached hydrogens (tertiary/aromatic N) is 1. The van der Waals surface area contributed by atoms with Crippen LogP contribution in [0, 0.1) is 16.7 Å². The lowest BCUT2D eigenvalue weighted by Crippen LogP contribution is -2.32. The predicted molar refractivity (Wildman–Crippen MR) is 74.3 cm³/mol. The first-order chi connectivity index (χ1) is 9.78. The summed E-state index contributed by atoms with van der Waals surface area (Å²) in [7, 11) is 0. The van der Waals surface area contributed by atoms with Crippen molar-refractivity contribution in [1.82, 2.24) is 0 Å². The highest BCUT2D eigenvalue weighted by molar-refractivity contribution is 9.10. The normalized spacial score (nSPS) is 17.3. The SMILES string of the molecule is N#CC1(C(=O)Nc2ccc(Br)c(C(F)(F)F)c2)CCCC1. The van der Waals surface area contributed by atoms with Crippen LogP contribution in [0.2, 0.25) is 0 Å². The number of carbonyl (C=O) groups excluding carboxylic acids is 1. The number of carbonyl (C=O) groups is 1. The van der Waals surface area contributed by atoms with Crippen LogP contribution >= 0.6 is 15.9 Å². The molecule has 0 heterocycles. The lowest BCUT2D eigenvalue weighted by Gasteiger charge is -2.20. The fourth-order valence-electron chi connectivity index (χ4n) is 2.44. The van der Waals surface area contributed by atoms with Gasteiger partial charge in [-0.1, -0.05) is 28.8 Å². The maximum atomic E-state index is 12.8. The Bertz CT molecular complexity index is 601. The second kappa shape index (κ2) is 5.68. The average molecular weight is 361 g/mol. The maximum Gasteiger partial charge on any atom is 0.417 e. The number of halogens is 4. The monoisotopic (exact) mass is 360 g/mol. The van der Waals surface area contributed by atoms with Gasteiger partial charge < -0.3 is 5.32 Å². The molecule has 7 heteroatoms. The van der Waals surface area contributed by atoms with E-state index in [2.05, 4.69) is 21.2 Å². The molecule has 0 bridgehead atoms. The molecule has 1 N–H and O–H groups in total. The molecular weight excluding hydrogens is 349 g/mol. The van der Waals surface area contributed by atoms with Crippen molar-refractivity contribution in [3.63, 3.8) is 0 Å². The van der Waals surface area contributed by atoms with Crippen LogP contribution in [0.15, 0.2) is 22.7 Å². The van der Waals surface area contributed by atoms with Gasteiger partial charge in [-0.2, -0.15) is 18.4 Å². The molecule has 0 aromatic heterocycles. The summed E-state index contributed by atoms with van der Waals surface area (Å²) >= 11 is 2.84. The number of rotatable bonds is 2. The molecule has 1 saturated carbocycles. The first-order valence-electron chi connectivity index (χ1n) is 6.38. The third-order valence-corrected chi connectivity index (χ3v) is 4.33. The Morgan fingerprint density at radius 2 is 1.95 bits per heavy atom. The van der Waals surface area contributed by atoms with E-state index in [4.69, 9.17) is 0 Å². The summed E-state index contributed by atoms with van der Waals surface area (Å²) < 4.78 is 38.3. The maximum absolute atomic E-state index is 12.8. The van der Waals surface area contributed by atoms with E-state index in [-0.39, 0.29) is 10.2 Å². The lowest BCUT2D eigenvalue weighted by molar-refractivity contribution is -0.138. The largest absolute Gasteiger partial charge is 0.417 e. The zero-order valence-electron chi connectivity index (χ0n) is 10.9. The summed E-state index contributed by atoms with van der Waals surface area (Å²) in [6.45, 7) is 0. The Morgan fingerprint density at radius 3 is 2.48 bits per heavy atom. The third kappa shape index (κ3) is 3.21. The molecule has 1 aliphatic carbocycles. The molecule has 21 heavy (non-hydrogen) atoms. The minimum Gasteiger partial charge on any atom is -0.325 e. The standard InChI is InChI=1S/C14H12BrF3N2O/c15-11-4-3-9(7-10(11)14(16,17)18)20-12(21)13(8-19)5-1-2-6-13/h3-4,7H,1-2,5-6H2,(H,20,21). The van der Waals surface area contributed by atoms with E-state index in [0.29, 0.717) is 12.8 Å². The molecular formula is C14H12BrF3N2O. The van der Waals surface area contributed by atoms with Crippen LogP contribution in [0.25, 0.3) is 0 Å². The van der Waals surface area contributed by atoms with Gasteiger partial charge in [0, 0.05) is 10.2 Å². The number of amides is 1. The second-order valence-electron chi connectivity index (χ2n) is 5.05. The van der Waals surface area contributed by atoms with Gasteiger partial charge in [0.15, 0.2) is 0 Å². The molecule has 1 fully saturated rings. The molecule has 0 unspecified atom stereocenters. The van der Waals surface area contributed by atoms with E-state index in [9.17, 15) is 23.2 Å². The molecule has 3 nitrogen and oxygen atoms in total. The molecule has 0 atom stereocenters. The summed E-state index contributed by atoms with van der Waals surface area (Å²) in [6, 6.07) is 5.47. The summed E-state index contributed by atoms with van der Waals surface area (Å²) in [4.78, 5) is 12.2. The van der Waals surface area contributed by atoms with Gasteiger partial charge in [-0.25, -0.2) is 0 Å². The van der Waals surface area contributed by atoms with Crippen molar-refractivity contribution >= 4 is 27.5 Å². The molecule has 1 amide bonds. The Morgan fingerprint density at radius 1 is 1.33 bits per heavy atom. The van der Waals surface area contributed by atoms with E-state index in [1.54, 1.807) is 0 Å². The molecule has 2 rings (SSSR count). The predicted octanol–water partition coefficient (Wildman–Crippen LogP) is 4.49. The van der Waals surface area contributed by atoms with Crippen LogP contribution in [0.4, 0.5) is 18.9 Å². The van der Waals surface area contributed by atoms with Crippen LogP contribution in [0.3, 0.4) is 0 Å². The molecule has 0 saturated heterocycles. The zero-order valence-corrected chi connectivity index (χ0v) is 12.5. The van der Waals surface area contributed by atoms with Gasteiger partial charge in [0.2, 0.25) is 5.91 Å². The molecule has 1 aromatic carbocycles. The zero-order chi connectivity index (χ0) is 15.7. The molecule has 1 aliphatic rings. The van der Waals surface area contributed by atoms with E-state index >= 15 is 0 Å². The highest BCUT2D eigenvalue weighted by Crippen LogP contribution is 2.40. The van der Waals surface area contributed by atoms with E-state index in [1.807, 2.05) is 6.07 Å². The van der Waals surface area contributed by atoms with Crippen molar-refractivity contribution in [3.8, 4) is 6.07 Å². The van der Waals surface area contributed by atoms with Crippen molar-refractivity contribution in [2.24, 2.45) is 5.41 Å². The van der Waals surface area contributed by atoms with E-state index in [1.165, 1.54) is 12.1 Å². The summed E-state index contributed by atoms with van der Waals surface area (Å²) in [6.07, 6.45) is -2.08. The van der Waals surface area contributed by atoms with Gasteiger partial charge in [0.25, 0.3) is 0 Å². The number of nitriles is 1. The summed E-state index contributed by atoms with van der Waals surface area (Å²) in [5.74, 6) is -0.530. The van der Waals surface area contributed by atoms with E-state index < -0.39 is 23.1 Å². The minimum absolute atomic E-state index is 0.0389. The average Bonchev–Trinajstić information content (AvgIpc) is 2.89. The lowest BCUT2D eigenvalue weighted by atomic mass is 9.87. The molecule has 0 aliphatic heterocycles. The third-order valence-electron chi connectivity index (χ3n) is 3.64. The molecule has 0 spiro atoms. The summed E-state index contributed by atoms with van der Waals surface area (Å²) in [5, 5.41) is 11.6. The number of alkyl halides is 3. The van der Waals surface area contributed by atoms with Crippen LogP contribution in [0.1, 0.15) is 31.2 Å². The first kappa shape index (κ1) is 15.8. The Balaban J connectivity index is 2.25. The molecule has 1 aromatic rings. The van der Waals surface area contributed by atoms with Crippen molar-refractivity contribution in [2.75, 3.05) is 5.32 Å². The number of hydrogen-bond donors (Lipinski definition) is 1. The van der Waals surface area contributed by atoms with Crippen LogP contribution in [-0.4, -0.2) is 5.91 Å². The van der Waals surface area contributed by atoms with Crippen molar-refractivity contribution in [3.05, 3.63) is 28.2 Å². The fraction of sp³-hybridized carbons (Fsp3) is 0.429. The first-order valence-corrected chi connectivity index (χ1v) is 7.17. The van der Waals surface area contributed by atoms with Gasteiger partial charge >= 0.3 is 6.18 Å². The van der Waals surface area contributed by atoms with Gasteiger partial charge in [-0.3, -0.25) is 4.79 Å². The Hall–Kier alpha value is -1.55. The highest BCUT2D eigenvalue weighted by atomic mass is 79.9. The number of nitrogens with one attached hydrogen (secondary N) is 1. The van der Waals surface area contributed by atoms with Crippen LogP contribution < -0.4 is 5.32 Å². The Labute approximate surface area is 128 Å². The number of benzene rings is 1. The molecule has 112 valence electrons. The van der Waals surface area contributed by atoms with Crippen molar-refractivity contribution in [2.45, 2.75) is 31.9 Å². The minimum atomic E-state index is -4.51. The molecule has 0 radical (unpaired) electrons. The van der Waals surface area contributed by atoms with E-state index in [0.717, 1.165) is 18.9 Å². The topological polar surface area (TPSA) is 52.9 Å². The van der Waals surface area contributed by atoms with Gasteiger partial charge in [-0.05, 0) is 31.0 Å². The van der Waals surface area contributed by atoms with Gasteiger partial charge in [0.1, 0.15) is 5.41 Å². The Kier molecular flexibility index (Phi) is 4.28. The number of anilines is 1. The second-order valence-corrected chi connectivity index (χ2v) is 5.90. The smallest absolute Gasteiger partial charge is 0.325 e. The van der Waals surface area contributed by atoms with Crippen LogP contribution in [0.5, 0.6) is 0 Å². The number of hydrogen-bond acceptors (Lipinski definition) is 2. The highest BCUT2D eigenvalue weighted by Gasteiger charge is 2.41. The quantitative estimate of drug-likeness (QED) is 0.844. The van der Waals surface area contributed by atoms with Crippen molar-refractivity contribution in [1.29, 1.82) is 5.26 Å².